The van der Waals surface area contributed by atoms with Gasteiger partial charge >= 0.3 is 0 Å². The lowest BCUT2D eigenvalue weighted by molar-refractivity contribution is 0.796. The number of aryl methyl sites for hydroxylation is 3. The second kappa shape index (κ2) is 8.29. The van der Waals surface area contributed by atoms with E-state index in [1.165, 1.54) is 19.6 Å². The molecule has 6 heteroatoms. The van der Waals surface area contributed by atoms with Gasteiger partial charge in [0.1, 0.15) is 0 Å². The lowest BCUT2D eigenvalue weighted by atomic mass is 10.4. The van der Waals surface area contributed by atoms with Crippen LogP contribution in [0, 0.1) is 20.8 Å². The molecule has 0 amide bonds. The number of thiophene rings is 1. The molecular weight excluding hydrogens is 312 g/mol. The van der Waals surface area contributed by atoms with Gasteiger partial charge in [-0.15, -0.1) is 22.7 Å². The summed E-state index contributed by atoms with van der Waals surface area (Å²) >= 11 is 3.58. The summed E-state index contributed by atoms with van der Waals surface area (Å²) in [5.74, 6) is 0.874. The van der Waals surface area contributed by atoms with Gasteiger partial charge in [0.15, 0.2) is 5.96 Å². The van der Waals surface area contributed by atoms with E-state index in [9.17, 15) is 0 Å². The van der Waals surface area contributed by atoms with Crippen molar-refractivity contribution in [2.24, 2.45) is 4.99 Å². The number of guanidine groups is 1. The van der Waals surface area contributed by atoms with Crippen LogP contribution in [0.5, 0.6) is 0 Å². The number of aliphatic imine (C=N–C) groups is 1. The Hall–Kier alpha value is -1.40. The predicted molar refractivity (Wildman–Crippen MR) is 97.2 cm³/mol. The highest BCUT2D eigenvalue weighted by atomic mass is 32.1. The van der Waals surface area contributed by atoms with E-state index in [1.54, 1.807) is 22.7 Å². The molecule has 0 aliphatic carbocycles. The third kappa shape index (κ3) is 5.10. The molecule has 0 aromatic carbocycles. The fraction of sp³-hybridized carbons (Fsp3) is 0.500. The van der Waals surface area contributed by atoms with E-state index in [1.807, 2.05) is 0 Å². The van der Waals surface area contributed by atoms with Crippen molar-refractivity contribution in [3.8, 4) is 0 Å². The van der Waals surface area contributed by atoms with E-state index >= 15 is 0 Å². The molecular formula is C16H24N4S2. The van der Waals surface area contributed by atoms with Crippen molar-refractivity contribution in [2.45, 2.75) is 40.7 Å². The minimum absolute atomic E-state index is 0.726. The molecule has 22 heavy (non-hydrogen) atoms. The third-order valence-corrected chi connectivity index (χ3v) is 5.36. The molecule has 4 nitrogen and oxygen atoms in total. The highest BCUT2D eigenvalue weighted by Gasteiger charge is 2.04. The van der Waals surface area contributed by atoms with Crippen LogP contribution in [0.3, 0.4) is 0 Å². The molecule has 0 bridgehead atoms. The molecule has 2 aromatic rings. The van der Waals surface area contributed by atoms with Crippen molar-refractivity contribution in [3.63, 3.8) is 0 Å². The minimum atomic E-state index is 0.726. The Morgan fingerprint density at radius 2 is 2.00 bits per heavy atom. The molecule has 2 heterocycles. The number of nitrogens with zero attached hydrogens (tertiary/aromatic N) is 2. The number of aromatic nitrogens is 1. The van der Waals surface area contributed by atoms with E-state index in [0.717, 1.165) is 37.7 Å². The first kappa shape index (κ1) is 17.0. The van der Waals surface area contributed by atoms with Crippen LogP contribution in [0.2, 0.25) is 0 Å². The zero-order valence-electron chi connectivity index (χ0n) is 13.7. The van der Waals surface area contributed by atoms with Crippen LogP contribution < -0.4 is 10.6 Å². The van der Waals surface area contributed by atoms with E-state index in [2.05, 4.69) is 60.4 Å². The lowest BCUT2D eigenvalue weighted by Gasteiger charge is -2.10. The average Bonchev–Trinajstić information content (AvgIpc) is 3.03. The largest absolute Gasteiger partial charge is 0.357 e. The van der Waals surface area contributed by atoms with Crippen LogP contribution in [0.4, 0.5) is 0 Å². The maximum atomic E-state index is 4.64. The predicted octanol–water partition coefficient (Wildman–Crippen LogP) is 3.43. The molecule has 2 N–H and O–H groups in total. The molecule has 2 rings (SSSR count). The van der Waals surface area contributed by atoms with Gasteiger partial charge in [-0.05, 0) is 39.8 Å². The normalized spacial score (nSPS) is 11.7. The Morgan fingerprint density at radius 1 is 1.18 bits per heavy atom. The lowest BCUT2D eigenvalue weighted by Crippen LogP contribution is -2.38. The first-order valence-corrected chi connectivity index (χ1v) is 9.22. The monoisotopic (exact) mass is 336 g/mol. The van der Waals surface area contributed by atoms with E-state index < -0.39 is 0 Å². The van der Waals surface area contributed by atoms with Crippen molar-refractivity contribution in [2.75, 3.05) is 13.1 Å². The van der Waals surface area contributed by atoms with Gasteiger partial charge in [0, 0.05) is 34.1 Å². The van der Waals surface area contributed by atoms with Crippen LogP contribution >= 0.6 is 22.7 Å². The molecule has 0 aliphatic heterocycles. The summed E-state index contributed by atoms with van der Waals surface area (Å²) in [7, 11) is 0. The SMILES string of the molecule is CCNC(=NCc1ccc(C)s1)NCCc1nc(C)c(C)s1. The van der Waals surface area contributed by atoms with Gasteiger partial charge in [-0.3, -0.25) is 0 Å². The minimum Gasteiger partial charge on any atom is -0.357 e. The van der Waals surface area contributed by atoms with Crippen LogP contribution in [0.25, 0.3) is 0 Å². The third-order valence-electron chi connectivity index (χ3n) is 3.24. The van der Waals surface area contributed by atoms with Gasteiger partial charge in [0.05, 0.1) is 17.2 Å². The molecule has 2 aromatic heterocycles. The second-order valence-corrected chi connectivity index (χ2v) is 7.79. The van der Waals surface area contributed by atoms with Gasteiger partial charge in [-0.2, -0.15) is 0 Å². The molecule has 0 radical (unpaired) electrons. The molecule has 0 atom stereocenters. The Balaban J connectivity index is 1.85. The van der Waals surface area contributed by atoms with Crippen LogP contribution in [-0.2, 0) is 13.0 Å². The number of rotatable bonds is 6. The first-order chi connectivity index (χ1) is 10.6. The molecule has 0 saturated carbocycles. The molecule has 120 valence electrons. The fourth-order valence-electron chi connectivity index (χ4n) is 2.00. The quantitative estimate of drug-likeness (QED) is 0.628. The van der Waals surface area contributed by atoms with Crippen molar-refractivity contribution in [1.82, 2.24) is 15.6 Å². The zero-order valence-corrected chi connectivity index (χ0v) is 15.3. The first-order valence-electron chi connectivity index (χ1n) is 7.59. The molecule has 0 unspecified atom stereocenters. The summed E-state index contributed by atoms with van der Waals surface area (Å²) in [6.07, 6.45) is 0.932. The Kier molecular flexibility index (Phi) is 6.39. The van der Waals surface area contributed by atoms with E-state index in [0.29, 0.717) is 0 Å². The Bertz CT molecular complexity index is 608. The van der Waals surface area contributed by atoms with E-state index in [4.69, 9.17) is 0 Å². The van der Waals surface area contributed by atoms with Crippen molar-refractivity contribution in [1.29, 1.82) is 0 Å². The summed E-state index contributed by atoms with van der Waals surface area (Å²) in [4.78, 5) is 13.1. The summed E-state index contributed by atoms with van der Waals surface area (Å²) in [6.45, 7) is 10.8. The fourth-order valence-corrected chi connectivity index (χ4v) is 3.75. The van der Waals surface area contributed by atoms with Crippen molar-refractivity contribution < 1.29 is 0 Å². The average molecular weight is 337 g/mol. The zero-order chi connectivity index (χ0) is 15.9. The maximum Gasteiger partial charge on any atom is 0.191 e. The van der Waals surface area contributed by atoms with Gasteiger partial charge in [0.2, 0.25) is 0 Å². The van der Waals surface area contributed by atoms with Crippen LogP contribution in [0.1, 0.15) is 32.3 Å². The number of hydrogen-bond acceptors (Lipinski definition) is 4. The molecule has 0 aliphatic rings. The van der Waals surface area contributed by atoms with Gasteiger partial charge in [-0.1, -0.05) is 0 Å². The van der Waals surface area contributed by atoms with E-state index in [-0.39, 0.29) is 0 Å². The Morgan fingerprint density at radius 3 is 2.59 bits per heavy atom. The maximum absolute atomic E-state index is 4.64. The second-order valence-electron chi connectivity index (χ2n) is 5.13. The summed E-state index contributed by atoms with van der Waals surface area (Å²) < 4.78 is 0. The van der Waals surface area contributed by atoms with Gasteiger partial charge in [0.25, 0.3) is 0 Å². The highest BCUT2D eigenvalue weighted by molar-refractivity contribution is 7.12. The molecule has 0 spiro atoms. The standard InChI is InChI=1S/C16H24N4S2/c1-5-17-16(19-10-14-7-6-11(2)21-14)18-9-8-15-20-12(3)13(4)22-15/h6-7H,5,8-10H2,1-4H3,(H2,17,18,19). The molecule has 0 fully saturated rings. The summed E-state index contributed by atoms with van der Waals surface area (Å²) in [5, 5.41) is 7.86. The smallest absolute Gasteiger partial charge is 0.191 e. The van der Waals surface area contributed by atoms with Gasteiger partial charge in [-0.25, -0.2) is 9.98 Å². The number of hydrogen-bond donors (Lipinski definition) is 2. The van der Waals surface area contributed by atoms with Gasteiger partial charge < -0.3 is 10.6 Å². The molecule has 0 saturated heterocycles. The van der Waals surface area contributed by atoms with Crippen LogP contribution in [-0.4, -0.2) is 24.0 Å². The summed E-state index contributed by atoms with van der Waals surface area (Å²) in [5.41, 5.74) is 1.15. The van der Waals surface area contributed by atoms with Crippen molar-refractivity contribution >= 4 is 28.6 Å². The number of nitrogens with one attached hydrogen (secondary N) is 2. The van der Waals surface area contributed by atoms with Crippen LogP contribution in [0.15, 0.2) is 17.1 Å². The van der Waals surface area contributed by atoms with Crippen molar-refractivity contribution in [3.05, 3.63) is 37.5 Å². The summed E-state index contributed by atoms with van der Waals surface area (Å²) in [6, 6.07) is 4.29. The highest BCUT2D eigenvalue weighted by Crippen LogP contribution is 2.17. The number of thiazole rings is 1. The Labute approximate surface area is 140 Å². The topological polar surface area (TPSA) is 49.3 Å².